The zero-order valence-electron chi connectivity index (χ0n) is 13.0. The molecule has 0 aromatic heterocycles. The first-order chi connectivity index (χ1) is 10.7. The van der Waals surface area contributed by atoms with E-state index in [9.17, 15) is 0 Å². The molecule has 0 fully saturated rings. The van der Waals surface area contributed by atoms with Gasteiger partial charge in [0.25, 0.3) is 0 Å². The van der Waals surface area contributed by atoms with Crippen LogP contribution in [0.3, 0.4) is 0 Å². The molecule has 2 aromatic carbocycles. The van der Waals surface area contributed by atoms with E-state index in [1.165, 1.54) is 0 Å². The van der Waals surface area contributed by atoms with Gasteiger partial charge in [0.15, 0.2) is 0 Å². The SMILES string of the molecule is CCCCOc1ccccc1C=NNc1ccc(C)c(Cl)c1. The van der Waals surface area contributed by atoms with Crippen LogP contribution in [0, 0.1) is 6.92 Å². The summed E-state index contributed by atoms with van der Waals surface area (Å²) in [5.41, 5.74) is 5.84. The van der Waals surface area contributed by atoms with Gasteiger partial charge in [0, 0.05) is 10.6 Å². The van der Waals surface area contributed by atoms with Gasteiger partial charge in [-0.15, -0.1) is 0 Å². The van der Waals surface area contributed by atoms with Crippen LogP contribution in [0.1, 0.15) is 30.9 Å². The molecular weight excluding hydrogens is 296 g/mol. The Hall–Kier alpha value is -2.00. The van der Waals surface area contributed by atoms with Gasteiger partial charge < -0.3 is 4.74 Å². The Morgan fingerprint density at radius 3 is 2.82 bits per heavy atom. The predicted octanol–water partition coefficient (Wildman–Crippen LogP) is 5.27. The quantitative estimate of drug-likeness (QED) is 0.428. The summed E-state index contributed by atoms with van der Waals surface area (Å²) < 4.78 is 5.78. The molecule has 0 aliphatic carbocycles. The first kappa shape index (κ1) is 16.4. The molecule has 2 aromatic rings. The second kappa shape index (κ2) is 8.44. The average Bonchev–Trinajstić information content (AvgIpc) is 2.52. The van der Waals surface area contributed by atoms with Crippen molar-refractivity contribution in [2.24, 2.45) is 5.10 Å². The van der Waals surface area contributed by atoms with E-state index in [-0.39, 0.29) is 0 Å². The fourth-order valence-corrected chi connectivity index (χ4v) is 2.06. The molecule has 0 aliphatic heterocycles. The summed E-state index contributed by atoms with van der Waals surface area (Å²) in [7, 11) is 0. The highest BCUT2D eigenvalue weighted by atomic mass is 35.5. The van der Waals surface area contributed by atoms with E-state index in [4.69, 9.17) is 16.3 Å². The summed E-state index contributed by atoms with van der Waals surface area (Å²) >= 11 is 6.09. The van der Waals surface area contributed by atoms with Crippen molar-refractivity contribution < 1.29 is 4.74 Å². The Balaban J connectivity index is 2.01. The van der Waals surface area contributed by atoms with E-state index in [2.05, 4.69) is 17.5 Å². The number of unbranched alkanes of at least 4 members (excludes halogenated alkanes) is 1. The molecule has 1 N–H and O–H groups in total. The number of benzene rings is 2. The van der Waals surface area contributed by atoms with Crippen molar-refractivity contribution >= 4 is 23.5 Å². The van der Waals surface area contributed by atoms with Gasteiger partial charge in [-0.2, -0.15) is 5.10 Å². The maximum atomic E-state index is 6.09. The fraction of sp³-hybridized carbons (Fsp3) is 0.278. The molecule has 0 heterocycles. The van der Waals surface area contributed by atoms with Crippen molar-refractivity contribution in [3.05, 3.63) is 58.6 Å². The Kier molecular flexibility index (Phi) is 6.28. The van der Waals surface area contributed by atoms with Crippen LogP contribution in [0.4, 0.5) is 5.69 Å². The van der Waals surface area contributed by atoms with Gasteiger partial charge >= 0.3 is 0 Å². The largest absolute Gasteiger partial charge is 0.493 e. The third-order valence-electron chi connectivity index (χ3n) is 3.24. The van der Waals surface area contributed by atoms with Gasteiger partial charge in [0.05, 0.1) is 18.5 Å². The van der Waals surface area contributed by atoms with Gasteiger partial charge in [-0.25, -0.2) is 0 Å². The number of para-hydroxylation sites is 1. The third-order valence-corrected chi connectivity index (χ3v) is 3.65. The number of hydrazone groups is 1. The zero-order valence-corrected chi connectivity index (χ0v) is 13.7. The lowest BCUT2D eigenvalue weighted by atomic mass is 10.2. The van der Waals surface area contributed by atoms with Crippen LogP contribution in [0.15, 0.2) is 47.6 Å². The zero-order chi connectivity index (χ0) is 15.8. The molecule has 0 saturated carbocycles. The van der Waals surface area contributed by atoms with Crippen molar-refractivity contribution in [3.63, 3.8) is 0 Å². The first-order valence-electron chi connectivity index (χ1n) is 7.47. The Labute approximate surface area is 137 Å². The molecule has 3 nitrogen and oxygen atoms in total. The third kappa shape index (κ3) is 4.78. The van der Waals surface area contributed by atoms with E-state index in [0.717, 1.165) is 47.0 Å². The second-order valence-corrected chi connectivity index (χ2v) is 5.48. The minimum atomic E-state index is 0.725. The van der Waals surface area contributed by atoms with Crippen LogP contribution in [-0.2, 0) is 0 Å². The van der Waals surface area contributed by atoms with E-state index in [1.807, 2.05) is 49.4 Å². The molecule has 0 unspecified atom stereocenters. The standard InChI is InChI=1S/C18H21ClN2O/c1-3-4-11-22-18-8-6-5-7-15(18)13-20-21-16-10-9-14(2)17(19)12-16/h5-10,12-13,21H,3-4,11H2,1-2H3. The summed E-state index contributed by atoms with van der Waals surface area (Å²) in [6, 6.07) is 13.6. The lowest BCUT2D eigenvalue weighted by Crippen LogP contribution is -2.00. The van der Waals surface area contributed by atoms with E-state index in [1.54, 1.807) is 6.21 Å². The summed E-state index contributed by atoms with van der Waals surface area (Å²) in [4.78, 5) is 0. The first-order valence-corrected chi connectivity index (χ1v) is 7.85. The number of anilines is 1. The highest BCUT2D eigenvalue weighted by Gasteiger charge is 2.00. The lowest BCUT2D eigenvalue weighted by molar-refractivity contribution is 0.309. The number of ether oxygens (including phenoxy) is 1. The number of nitrogens with zero attached hydrogens (tertiary/aromatic N) is 1. The van der Waals surface area contributed by atoms with Gasteiger partial charge in [0.2, 0.25) is 0 Å². The molecule has 0 bridgehead atoms. The monoisotopic (exact) mass is 316 g/mol. The van der Waals surface area contributed by atoms with Gasteiger partial charge in [-0.05, 0) is 43.2 Å². The minimum Gasteiger partial charge on any atom is -0.493 e. The van der Waals surface area contributed by atoms with E-state index < -0.39 is 0 Å². The molecule has 4 heteroatoms. The number of halogens is 1. The number of nitrogens with one attached hydrogen (secondary N) is 1. The summed E-state index contributed by atoms with van der Waals surface area (Å²) in [5, 5.41) is 4.98. The maximum absolute atomic E-state index is 6.09. The van der Waals surface area contributed by atoms with Gasteiger partial charge in [0.1, 0.15) is 5.75 Å². The molecule has 22 heavy (non-hydrogen) atoms. The van der Waals surface area contributed by atoms with E-state index in [0.29, 0.717) is 0 Å². The fourth-order valence-electron chi connectivity index (χ4n) is 1.88. The maximum Gasteiger partial charge on any atom is 0.128 e. The predicted molar refractivity (Wildman–Crippen MR) is 94.3 cm³/mol. The Bertz CT molecular complexity index is 641. The number of hydrogen-bond acceptors (Lipinski definition) is 3. The van der Waals surface area contributed by atoms with Crippen LogP contribution in [0.25, 0.3) is 0 Å². The molecule has 0 radical (unpaired) electrons. The molecule has 116 valence electrons. The van der Waals surface area contributed by atoms with E-state index >= 15 is 0 Å². The molecular formula is C18H21ClN2O. The number of aryl methyl sites for hydroxylation is 1. The number of rotatable bonds is 7. The van der Waals surface area contributed by atoms with Crippen LogP contribution in [0.5, 0.6) is 5.75 Å². The van der Waals surface area contributed by atoms with Crippen LogP contribution < -0.4 is 10.2 Å². The van der Waals surface area contributed by atoms with Crippen molar-refractivity contribution in [1.82, 2.24) is 0 Å². The smallest absolute Gasteiger partial charge is 0.128 e. The van der Waals surface area contributed by atoms with Crippen molar-refractivity contribution in [2.75, 3.05) is 12.0 Å². The molecule has 2 rings (SSSR count). The Morgan fingerprint density at radius 2 is 2.05 bits per heavy atom. The molecule has 0 spiro atoms. The highest BCUT2D eigenvalue weighted by molar-refractivity contribution is 6.31. The van der Waals surface area contributed by atoms with Crippen LogP contribution in [0.2, 0.25) is 5.02 Å². The number of hydrogen-bond donors (Lipinski definition) is 1. The van der Waals surface area contributed by atoms with Crippen molar-refractivity contribution in [2.45, 2.75) is 26.7 Å². The second-order valence-electron chi connectivity index (χ2n) is 5.07. The van der Waals surface area contributed by atoms with Gasteiger partial charge in [-0.3, -0.25) is 5.43 Å². The topological polar surface area (TPSA) is 33.6 Å². The normalized spacial score (nSPS) is 10.9. The molecule has 0 aliphatic rings. The van der Waals surface area contributed by atoms with Crippen molar-refractivity contribution in [3.8, 4) is 5.75 Å². The summed E-state index contributed by atoms with van der Waals surface area (Å²) in [6.45, 7) is 4.84. The van der Waals surface area contributed by atoms with Crippen molar-refractivity contribution in [1.29, 1.82) is 0 Å². The lowest BCUT2D eigenvalue weighted by Gasteiger charge is -2.08. The average molecular weight is 317 g/mol. The van der Waals surface area contributed by atoms with Crippen LogP contribution in [-0.4, -0.2) is 12.8 Å². The Morgan fingerprint density at radius 1 is 1.23 bits per heavy atom. The van der Waals surface area contributed by atoms with Gasteiger partial charge in [-0.1, -0.05) is 43.1 Å². The minimum absolute atomic E-state index is 0.725. The summed E-state index contributed by atoms with van der Waals surface area (Å²) in [5.74, 6) is 0.850. The molecule has 0 saturated heterocycles. The van der Waals surface area contributed by atoms with Crippen LogP contribution >= 0.6 is 11.6 Å². The highest BCUT2D eigenvalue weighted by Crippen LogP contribution is 2.20. The molecule has 0 amide bonds. The summed E-state index contributed by atoms with van der Waals surface area (Å²) in [6.07, 6.45) is 3.92. The molecule has 0 atom stereocenters.